The van der Waals surface area contributed by atoms with Crippen LogP contribution >= 0.6 is 0 Å². The Bertz CT molecular complexity index is 754. The quantitative estimate of drug-likeness (QED) is 0.774. The largest absolute Gasteiger partial charge is 0.493 e. The van der Waals surface area contributed by atoms with Crippen LogP contribution in [0.1, 0.15) is 37.0 Å². The van der Waals surface area contributed by atoms with E-state index in [0.29, 0.717) is 12.8 Å². The zero-order chi connectivity index (χ0) is 18.6. The van der Waals surface area contributed by atoms with E-state index in [9.17, 15) is 23.1 Å². The van der Waals surface area contributed by atoms with Crippen LogP contribution in [0.3, 0.4) is 0 Å². The fraction of sp³-hybridized carbons (Fsp3) is 0.500. The summed E-state index contributed by atoms with van der Waals surface area (Å²) < 4.78 is 32.1. The van der Waals surface area contributed by atoms with Crippen LogP contribution in [0, 0.1) is 0 Å². The van der Waals surface area contributed by atoms with Gasteiger partial charge in [-0.2, -0.15) is 4.31 Å². The van der Waals surface area contributed by atoms with Gasteiger partial charge in [0.25, 0.3) is 0 Å². The van der Waals surface area contributed by atoms with Crippen molar-refractivity contribution in [2.24, 2.45) is 0 Å². The maximum Gasteiger partial charge on any atom is 0.339 e. The van der Waals surface area contributed by atoms with Crippen molar-refractivity contribution >= 4 is 21.9 Å². The van der Waals surface area contributed by atoms with Crippen LogP contribution in [0.5, 0.6) is 5.75 Å². The minimum absolute atomic E-state index is 0.0427. The molecular weight excluding hydrogens is 348 g/mol. The highest BCUT2D eigenvalue weighted by Crippen LogP contribution is 2.26. The van der Waals surface area contributed by atoms with Crippen molar-refractivity contribution in [3.8, 4) is 5.75 Å². The number of carboxylic acid groups (broad SMARTS) is 1. The molecule has 0 atom stereocenters. The van der Waals surface area contributed by atoms with Crippen LogP contribution in [-0.4, -0.2) is 55.4 Å². The number of aromatic carboxylic acids is 1. The number of carboxylic acids is 1. The van der Waals surface area contributed by atoms with Crippen LogP contribution in [0.25, 0.3) is 0 Å². The zero-order valence-corrected chi connectivity index (χ0v) is 15.0. The van der Waals surface area contributed by atoms with E-state index in [4.69, 9.17) is 4.74 Å². The Hall–Kier alpha value is -2.13. The highest BCUT2D eigenvalue weighted by molar-refractivity contribution is 7.89. The molecule has 1 aliphatic rings. The Kier molecular flexibility index (Phi) is 6.02. The van der Waals surface area contributed by atoms with Crippen LogP contribution < -0.4 is 10.1 Å². The van der Waals surface area contributed by atoms with Crippen LogP contribution in [0.2, 0.25) is 0 Å². The van der Waals surface area contributed by atoms with Crippen molar-refractivity contribution in [2.45, 2.75) is 37.6 Å². The summed E-state index contributed by atoms with van der Waals surface area (Å²) in [5.74, 6) is -1.25. The molecule has 0 bridgehead atoms. The molecule has 1 aromatic carbocycles. The Morgan fingerprint density at radius 1 is 1.32 bits per heavy atom. The lowest BCUT2D eigenvalue weighted by Gasteiger charge is -2.31. The Morgan fingerprint density at radius 3 is 2.48 bits per heavy atom. The number of ether oxygens (including phenoxy) is 1. The predicted octanol–water partition coefficient (Wildman–Crippen LogP) is 1.07. The molecule has 25 heavy (non-hydrogen) atoms. The summed E-state index contributed by atoms with van der Waals surface area (Å²) in [5.41, 5.74) is -0.184. The number of hydrogen-bond acceptors (Lipinski definition) is 5. The highest BCUT2D eigenvalue weighted by atomic mass is 32.2. The fourth-order valence-corrected chi connectivity index (χ4v) is 4.29. The standard InChI is InChI=1S/C16H22N2O6S/c1-3-24-15-5-4-13(10-14(15)16(20)21)25(22,23)18-8-6-12(7-9-18)17-11(2)19/h4-5,10,12H,3,6-9H2,1-2H3,(H,17,19)(H,20,21). The zero-order valence-electron chi connectivity index (χ0n) is 14.2. The van der Waals surface area contributed by atoms with E-state index in [-0.39, 0.29) is 47.9 Å². The number of piperidine rings is 1. The minimum Gasteiger partial charge on any atom is -0.493 e. The van der Waals surface area contributed by atoms with Gasteiger partial charge in [0.2, 0.25) is 15.9 Å². The molecule has 0 spiro atoms. The number of benzene rings is 1. The third kappa shape index (κ3) is 4.49. The monoisotopic (exact) mass is 370 g/mol. The van der Waals surface area contributed by atoms with Gasteiger partial charge in [0.15, 0.2) is 0 Å². The second-order valence-electron chi connectivity index (χ2n) is 5.78. The summed E-state index contributed by atoms with van der Waals surface area (Å²) in [6.07, 6.45) is 1.03. The Morgan fingerprint density at radius 2 is 1.96 bits per heavy atom. The number of amides is 1. The van der Waals surface area contributed by atoms with E-state index in [1.807, 2.05) is 0 Å². The van der Waals surface area contributed by atoms with E-state index >= 15 is 0 Å². The lowest BCUT2D eigenvalue weighted by atomic mass is 10.1. The van der Waals surface area contributed by atoms with Crippen LogP contribution in [0.4, 0.5) is 0 Å². The molecule has 1 saturated heterocycles. The second-order valence-corrected chi connectivity index (χ2v) is 7.71. The van der Waals surface area contributed by atoms with E-state index in [2.05, 4.69) is 5.32 Å². The van der Waals surface area contributed by atoms with Gasteiger partial charge in [-0.3, -0.25) is 4.79 Å². The second kappa shape index (κ2) is 7.83. The molecule has 0 saturated carbocycles. The number of nitrogens with one attached hydrogen (secondary N) is 1. The number of carbonyl (C=O) groups excluding carboxylic acids is 1. The molecule has 1 aliphatic heterocycles. The first-order valence-corrected chi connectivity index (χ1v) is 9.47. The number of carbonyl (C=O) groups is 2. The van der Waals surface area contributed by atoms with Gasteiger partial charge in [0.1, 0.15) is 11.3 Å². The molecule has 2 N–H and O–H groups in total. The minimum atomic E-state index is -3.80. The summed E-state index contributed by atoms with van der Waals surface area (Å²) in [6, 6.07) is 3.80. The summed E-state index contributed by atoms with van der Waals surface area (Å²) in [4.78, 5) is 22.4. The van der Waals surface area contributed by atoms with E-state index in [0.717, 1.165) is 6.07 Å². The number of sulfonamides is 1. The molecule has 2 rings (SSSR count). The average molecular weight is 370 g/mol. The van der Waals surface area contributed by atoms with Gasteiger partial charge in [-0.05, 0) is 38.0 Å². The maximum atomic E-state index is 12.8. The first-order chi connectivity index (χ1) is 11.8. The molecule has 1 amide bonds. The first kappa shape index (κ1) is 19.2. The number of rotatable bonds is 6. The number of hydrogen-bond donors (Lipinski definition) is 2. The van der Waals surface area contributed by atoms with Gasteiger partial charge in [-0.1, -0.05) is 0 Å². The van der Waals surface area contributed by atoms with Gasteiger partial charge in [0.05, 0.1) is 11.5 Å². The summed E-state index contributed by atoms with van der Waals surface area (Å²) >= 11 is 0. The van der Waals surface area contributed by atoms with Gasteiger partial charge >= 0.3 is 5.97 Å². The van der Waals surface area contributed by atoms with Gasteiger partial charge in [-0.25, -0.2) is 13.2 Å². The van der Waals surface area contributed by atoms with Crippen molar-refractivity contribution in [2.75, 3.05) is 19.7 Å². The summed E-state index contributed by atoms with van der Waals surface area (Å²) in [6.45, 7) is 3.96. The topological polar surface area (TPSA) is 113 Å². The molecule has 1 aromatic rings. The van der Waals surface area contributed by atoms with E-state index in [1.165, 1.54) is 23.4 Å². The van der Waals surface area contributed by atoms with Gasteiger partial charge in [-0.15, -0.1) is 0 Å². The van der Waals surface area contributed by atoms with Crippen LogP contribution in [0.15, 0.2) is 23.1 Å². The molecule has 0 radical (unpaired) electrons. The van der Waals surface area contributed by atoms with Crippen molar-refractivity contribution < 1.29 is 27.9 Å². The van der Waals surface area contributed by atoms with Crippen LogP contribution in [-0.2, 0) is 14.8 Å². The average Bonchev–Trinajstić information content (AvgIpc) is 2.55. The molecule has 0 unspecified atom stereocenters. The molecule has 9 heteroatoms. The molecule has 0 aliphatic carbocycles. The Balaban J connectivity index is 2.21. The summed E-state index contributed by atoms with van der Waals surface area (Å²) in [5, 5.41) is 12.1. The van der Waals surface area contributed by atoms with Gasteiger partial charge in [0, 0.05) is 26.1 Å². The smallest absolute Gasteiger partial charge is 0.339 e. The van der Waals surface area contributed by atoms with Crippen molar-refractivity contribution in [1.82, 2.24) is 9.62 Å². The van der Waals surface area contributed by atoms with E-state index in [1.54, 1.807) is 6.92 Å². The third-order valence-electron chi connectivity index (χ3n) is 3.98. The first-order valence-electron chi connectivity index (χ1n) is 8.03. The van der Waals surface area contributed by atoms with Crippen molar-refractivity contribution in [3.05, 3.63) is 23.8 Å². The van der Waals surface area contributed by atoms with E-state index < -0.39 is 16.0 Å². The predicted molar refractivity (Wildman–Crippen MR) is 90.2 cm³/mol. The van der Waals surface area contributed by atoms with Gasteiger partial charge < -0.3 is 15.2 Å². The molecular formula is C16H22N2O6S. The molecule has 8 nitrogen and oxygen atoms in total. The number of nitrogens with zero attached hydrogens (tertiary/aromatic N) is 1. The maximum absolute atomic E-state index is 12.8. The molecule has 138 valence electrons. The van der Waals surface area contributed by atoms with Crippen molar-refractivity contribution in [1.29, 1.82) is 0 Å². The SMILES string of the molecule is CCOc1ccc(S(=O)(=O)N2CCC(NC(C)=O)CC2)cc1C(=O)O. The Labute approximate surface area is 146 Å². The van der Waals surface area contributed by atoms with Crippen molar-refractivity contribution in [3.63, 3.8) is 0 Å². The third-order valence-corrected chi connectivity index (χ3v) is 5.88. The molecule has 1 fully saturated rings. The highest BCUT2D eigenvalue weighted by Gasteiger charge is 2.30. The normalized spacial score (nSPS) is 16.4. The lowest BCUT2D eigenvalue weighted by molar-refractivity contribution is -0.119. The lowest BCUT2D eigenvalue weighted by Crippen LogP contribution is -2.46. The molecule has 1 heterocycles. The molecule has 0 aromatic heterocycles. The fourth-order valence-electron chi connectivity index (χ4n) is 2.80. The summed E-state index contributed by atoms with van der Waals surface area (Å²) in [7, 11) is -3.80.